The van der Waals surface area contributed by atoms with Crippen LogP contribution in [0, 0.1) is 83.2 Å². The number of pyridine rings is 4. The molecule has 16 rings (SSSR count). The number of hydrogen-bond donors (Lipinski definition) is 0. The number of hydrogen-bond acceptors (Lipinski definition) is 11. The van der Waals surface area contributed by atoms with Gasteiger partial charge in [0.05, 0.1) is 45.5 Å². The summed E-state index contributed by atoms with van der Waals surface area (Å²) < 4.78 is 115. The molecule has 644 valence electrons. The third kappa shape index (κ3) is 19.7. The van der Waals surface area contributed by atoms with E-state index >= 15 is 0 Å². The van der Waals surface area contributed by atoms with Gasteiger partial charge in [0.1, 0.15) is 23.1 Å². The molecule has 0 unspecified atom stereocenters. The van der Waals surface area contributed by atoms with Crippen LogP contribution in [0.4, 0.5) is 30.7 Å². The molecule has 6 aromatic carbocycles. The molecule has 0 saturated carbocycles. The SMILES string of the molecule is CC(C)Cc1cc(-c2[c-]cc(F)nc2F)nc(C(C)(C)c2cc(CC(C)C)cc(-n3[c-]cc(C(F)(F)F)n3)n2)c1.CC(C)c1cc(-c2[c-]cc(F)cc2F)nc(C(C)(C)c2cc(C(C)C)n(-c3[c-]ccc(C#N)c3)n2)c1.CC(C)c1cc(C(C)(C)c2cc(C(C)C)n(-c3[c-]cc4oc5ccccc5c4c3)n2)nn1-c1[c-]cc2oc3ccccc3c2c1.[Pt+2].[Pt+2].[Pt+2]. The van der Waals surface area contributed by atoms with E-state index in [1.165, 1.54) is 0 Å². The fraction of sp³-hybridized carbons (Fsp3) is 0.303. The number of nitrogens with zero attached hydrogens (tertiary/aromatic N) is 13. The van der Waals surface area contributed by atoms with Crippen LogP contribution in [-0.4, -0.2) is 59.1 Å². The Labute approximate surface area is 761 Å². The Morgan fingerprint density at radius 3 is 1.35 bits per heavy atom. The van der Waals surface area contributed by atoms with Crippen LogP contribution < -0.4 is 0 Å². The maximum Gasteiger partial charge on any atom is 2.00 e. The molecule has 0 spiro atoms. The minimum atomic E-state index is -4.61. The van der Waals surface area contributed by atoms with Gasteiger partial charge in [0.2, 0.25) is 0 Å². The molecule has 0 N–H and O–H groups in total. The standard InChI is InChI=1S/C39H34N4O2.C30H30F5N5.C30H28F2N4.3Pt/c1-23(2)31-21-37(40-42(31)25-15-17-35-29(19-25)27-11-7-9-13-33(27)44-35)39(5,6)38-22-32(24(3)4)43(41-38)26-16-18-36-30(20-26)28-12-8-10-14-34(28)45-36;1-17(2)11-19-13-22(21-7-8-26(31)38-28(21)32)36-24(14-19)29(5,6)25-15-20(12-18(3)4)16-27(37-25)40-10-9-23(39-40)30(33,34)35;1-18(2)21-13-26(24-11-10-22(31)15-25(24)32)34-28(14-21)30(5,6)29-16-27(19(3)4)36(35-29)23-9-7-8-20(12-23)17-33;;;/h7-14,17-24H,1-6H3;8-9,13-18H,11-12H2,1-6H3;7-8,10,12-16,18-19H,1-6H3;;;/q3*-2;3*+2. The van der Waals surface area contributed by atoms with Gasteiger partial charge in [-0.2, -0.15) is 64.1 Å². The second-order valence-corrected chi connectivity index (χ2v) is 34.4. The van der Waals surface area contributed by atoms with E-state index in [0.717, 1.165) is 141 Å². The molecule has 0 radical (unpaired) electrons. The van der Waals surface area contributed by atoms with Crippen molar-refractivity contribution in [3.63, 3.8) is 0 Å². The van der Waals surface area contributed by atoms with E-state index in [1.54, 1.807) is 30.3 Å². The molecule has 0 saturated heterocycles. The van der Waals surface area contributed by atoms with Gasteiger partial charge in [-0.25, -0.2) is 8.78 Å². The summed E-state index contributed by atoms with van der Waals surface area (Å²) in [6.07, 6.45) is -0.767. The van der Waals surface area contributed by atoms with Crippen molar-refractivity contribution in [1.82, 2.24) is 59.1 Å². The molecule has 0 amide bonds. The van der Waals surface area contributed by atoms with Crippen molar-refractivity contribution < 1.29 is 103 Å². The van der Waals surface area contributed by atoms with Gasteiger partial charge >= 0.3 is 69.4 Å². The molecule has 0 fully saturated rings. The Kier molecular flexibility index (Phi) is 28.6. The van der Waals surface area contributed by atoms with E-state index in [0.29, 0.717) is 41.2 Å². The Morgan fingerprint density at radius 1 is 0.419 bits per heavy atom. The Balaban J connectivity index is 0.000000180. The number of para-hydroxylation sites is 2. The van der Waals surface area contributed by atoms with Crippen LogP contribution in [-0.2, 0) is 98.5 Å². The van der Waals surface area contributed by atoms with E-state index in [2.05, 4.69) is 172 Å². The van der Waals surface area contributed by atoms with Gasteiger partial charge in [0, 0.05) is 73.2 Å². The van der Waals surface area contributed by atoms with Crippen molar-refractivity contribution in [2.24, 2.45) is 11.8 Å². The topological polar surface area (TPSA) is 173 Å². The van der Waals surface area contributed by atoms with E-state index in [9.17, 15) is 36.0 Å². The van der Waals surface area contributed by atoms with Gasteiger partial charge in [0.25, 0.3) is 0 Å². The van der Waals surface area contributed by atoms with Crippen molar-refractivity contribution in [2.75, 3.05) is 0 Å². The minimum absolute atomic E-state index is 0. The van der Waals surface area contributed by atoms with Gasteiger partial charge in [0.15, 0.2) is 0 Å². The summed E-state index contributed by atoms with van der Waals surface area (Å²) in [5.41, 5.74) is 14.5. The number of halogens is 7. The average molecular weight is 2210 g/mol. The van der Waals surface area contributed by atoms with E-state index in [4.69, 9.17) is 39.1 Å². The van der Waals surface area contributed by atoms with Crippen LogP contribution in [0.15, 0.2) is 179 Å². The normalized spacial score (nSPS) is 12.0. The average Bonchev–Trinajstić information content (AvgIpc) is 1.57. The first-order chi connectivity index (χ1) is 57.3. The zero-order valence-electron chi connectivity index (χ0n) is 71.8. The number of fused-ring (bicyclic) bond motifs is 6. The number of benzene rings is 6. The predicted molar refractivity (Wildman–Crippen MR) is 456 cm³/mol. The fourth-order valence-corrected chi connectivity index (χ4v) is 14.8. The molecule has 10 aromatic heterocycles. The third-order valence-electron chi connectivity index (χ3n) is 21.7. The van der Waals surface area contributed by atoms with Crippen LogP contribution >= 0.6 is 0 Å². The quantitative estimate of drug-likeness (QED) is 0.0404. The summed E-state index contributed by atoms with van der Waals surface area (Å²) >= 11 is 0. The van der Waals surface area contributed by atoms with Crippen molar-refractivity contribution in [1.29, 1.82) is 5.26 Å². The number of aromatic nitrogens is 12. The van der Waals surface area contributed by atoms with Gasteiger partial charge in [-0.3, -0.25) is 37.9 Å². The molecule has 0 atom stereocenters. The van der Waals surface area contributed by atoms with Gasteiger partial charge in [-0.1, -0.05) is 200 Å². The van der Waals surface area contributed by atoms with E-state index < -0.39 is 51.6 Å². The summed E-state index contributed by atoms with van der Waals surface area (Å²) in [7, 11) is 0. The van der Waals surface area contributed by atoms with Crippen molar-refractivity contribution in [3.05, 3.63) is 309 Å². The van der Waals surface area contributed by atoms with E-state index in [1.807, 2.05) is 134 Å². The van der Waals surface area contributed by atoms with E-state index in [-0.39, 0.29) is 121 Å². The molecule has 10 heterocycles. The largest absolute Gasteiger partial charge is 2.00 e. The van der Waals surface area contributed by atoms with Crippen molar-refractivity contribution in [2.45, 2.75) is 184 Å². The smallest absolute Gasteiger partial charge is 0.516 e. The molecule has 124 heavy (non-hydrogen) atoms. The summed E-state index contributed by atoms with van der Waals surface area (Å²) in [5, 5.41) is 32.7. The maximum absolute atomic E-state index is 14.7. The number of nitriles is 1. The summed E-state index contributed by atoms with van der Waals surface area (Å²) in [4.78, 5) is 17.5. The number of rotatable bonds is 20. The molecule has 15 nitrogen and oxygen atoms in total. The second kappa shape index (κ2) is 37.7. The Bertz CT molecular complexity index is 6430. The van der Waals surface area contributed by atoms with Crippen LogP contribution in [0.1, 0.15) is 227 Å². The van der Waals surface area contributed by atoms with Gasteiger partial charge < -0.3 is 23.5 Å². The third-order valence-corrected chi connectivity index (χ3v) is 21.7. The second-order valence-electron chi connectivity index (χ2n) is 34.4. The molecular formula is C99H92F7N13O2Pt3. The summed E-state index contributed by atoms with van der Waals surface area (Å²) in [6, 6.07) is 68.4. The first kappa shape index (κ1) is 94.1. The van der Waals surface area contributed by atoms with Gasteiger partial charge in [-0.05, 0) is 167 Å². The fourth-order valence-electron chi connectivity index (χ4n) is 14.8. The number of alkyl halides is 3. The van der Waals surface area contributed by atoms with Crippen molar-refractivity contribution >= 4 is 43.9 Å². The summed E-state index contributed by atoms with van der Waals surface area (Å²) in [6.45, 7) is 37.5. The molecule has 0 aliphatic rings. The first-order valence-corrected chi connectivity index (χ1v) is 40.4. The van der Waals surface area contributed by atoms with Crippen LogP contribution in [0.25, 0.3) is 89.3 Å². The maximum atomic E-state index is 14.7. The van der Waals surface area contributed by atoms with Crippen LogP contribution in [0.5, 0.6) is 0 Å². The Morgan fingerprint density at radius 2 is 0.879 bits per heavy atom. The Hall–Kier alpha value is -10.6. The predicted octanol–water partition coefficient (Wildman–Crippen LogP) is 24.6. The monoisotopic (exact) mass is 2210 g/mol. The molecular weight excluding hydrogens is 2120 g/mol. The molecule has 16 aromatic rings. The molecule has 25 heteroatoms. The minimum Gasteiger partial charge on any atom is -0.516 e. The van der Waals surface area contributed by atoms with Crippen molar-refractivity contribution in [3.8, 4) is 51.5 Å². The first-order valence-electron chi connectivity index (χ1n) is 40.4. The van der Waals surface area contributed by atoms with Crippen LogP contribution in [0.2, 0.25) is 0 Å². The molecule has 0 aliphatic heterocycles. The summed E-state index contributed by atoms with van der Waals surface area (Å²) in [5.74, 6) is -1.82. The number of furan rings is 2. The van der Waals surface area contributed by atoms with Crippen LogP contribution in [0.3, 0.4) is 0 Å². The zero-order valence-corrected chi connectivity index (χ0v) is 78.6. The molecule has 0 bridgehead atoms. The van der Waals surface area contributed by atoms with Gasteiger partial charge in [-0.15, -0.1) is 54.6 Å². The molecule has 0 aliphatic carbocycles. The zero-order chi connectivity index (χ0) is 86.6.